The molecule has 7 nitrogen and oxygen atoms in total. The van der Waals surface area contributed by atoms with Crippen LogP contribution in [0.2, 0.25) is 0 Å². The van der Waals surface area contributed by atoms with Crippen molar-refractivity contribution in [3.63, 3.8) is 0 Å². The van der Waals surface area contributed by atoms with E-state index < -0.39 is 0 Å². The molecule has 0 spiro atoms. The number of carbonyl (C=O) groups is 1. The van der Waals surface area contributed by atoms with Gasteiger partial charge in [-0.2, -0.15) is 5.10 Å². The number of aromatic nitrogens is 4. The van der Waals surface area contributed by atoms with Gasteiger partial charge in [-0.1, -0.05) is 18.2 Å². The summed E-state index contributed by atoms with van der Waals surface area (Å²) >= 11 is 0. The van der Waals surface area contributed by atoms with Gasteiger partial charge in [-0.05, 0) is 48.7 Å². The summed E-state index contributed by atoms with van der Waals surface area (Å²) in [7, 11) is 3.46. The molecular weight excluding hydrogens is 404 g/mol. The Morgan fingerprint density at radius 2 is 2.00 bits per heavy atom. The predicted molar refractivity (Wildman–Crippen MR) is 121 cm³/mol. The third-order valence-electron chi connectivity index (χ3n) is 6.01. The SMILES string of the molecule is COc1ccccc1-c1cc(CC(=O)OCc2ccc3c(c2)nc2n3CCCC2)n(C)n1. The molecule has 0 bridgehead atoms. The number of para-hydroxylation sites is 1. The highest BCUT2D eigenvalue weighted by molar-refractivity contribution is 5.77. The van der Waals surface area contributed by atoms with E-state index in [2.05, 4.69) is 15.7 Å². The summed E-state index contributed by atoms with van der Waals surface area (Å²) in [4.78, 5) is 17.3. The summed E-state index contributed by atoms with van der Waals surface area (Å²) in [5, 5.41) is 4.55. The quantitative estimate of drug-likeness (QED) is 0.431. The largest absolute Gasteiger partial charge is 0.496 e. The Bertz CT molecular complexity index is 1290. The second-order valence-corrected chi connectivity index (χ2v) is 8.14. The lowest BCUT2D eigenvalue weighted by Gasteiger charge is -2.13. The van der Waals surface area contributed by atoms with Gasteiger partial charge in [0.15, 0.2) is 0 Å². The minimum Gasteiger partial charge on any atom is -0.496 e. The number of nitrogens with zero attached hydrogens (tertiary/aromatic N) is 4. The fourth-order valence-electron chi connectivity index (χ4n) is 4.33. The van der Waals surface area contributed by atoms with Crippen LogP contribution in [0, 0.1) is 0 Å². The van der Waals surface area contributed by atoms with Gasteiger partial charge >= 0.3 is 5.97 Å². The predicted octanol–water partition coefficient (Wildman–Crippen LogP) is 4.07. The molecule has 0 N–H and O–H groups in total. The summed E-state index contributed by atoms with van der Waals surface area (Å²) in [5.41, 5.74) is 5.52. The lowest BCUT2D eigenvalue weighted by molar-refractivity contribution is -0.144. The van der Waals surface area contributed by atoms with Crippen molar-refractivity contribution in [2.24, 2.45) is 7.05 Å². The van der Waals surface area contributed by atoms with Crippen LogP contribution in [0.4, 0.5) is 0 Å². The van der Waals surface area contributed by atoms with Gasteiger partial charge in [0, 0.05) is 31.3 Å². The van der Waals surface area contributed by atoms with Crippen LogP contribution in [0.5, 0.6) is 5.75 Å². The first-order valence-electron chi connectivity index (χ1n) is 10.9. The molecule has 0 saturated heterocycles. The van der Waals surface area contributed by atoms with Gasteiger partial charge in [-0.3, -0.25) is 9.48 Å². The van der Waals surface area contributed by atoms with Gasteiger partial charge in [0.05, 0.1) is 30.3 Å². The topological polar surface area (TPSA) is 71.2 Å². The Kier molecular flexibility index (Phi) is 5.39. The second-order valence-electron chi connectivity index (χ2n) is 8.14. The summed E-state index contributed by atoms with van der Waals surface area (Å²) < 4.78 is 15.0. The average Bonchev–Trinajstić information content (AvgIpc) is 3.37. The molecule has 3 heterocycles. The molecule has 0 aliphatic carbocycles. The zero-order valence-electron chi connectivity index (χ0n) is 18.4. The molecule has 0 radical (unpaired) electrons. The normalized spacial score (nSPS) is 13.2. The number of methoxy groups -OCH3 is 1. The fourth-order valence-corrected chi connectivity index (χ4v) is 4.33. The van der Waals surface area contributed by atoms with E-state index in [1.807, 2.05) is 49.5 Å². The van der Waals surface area contributed by atoms with Crippen LogP contribution in [-0.2, 0) is 42.6 Å². The van der Waals surface area contributed by atoms with E-state index in [1.54, 1.807) is 11.8 Å². The molecule has 32 heavy (non-hydrogen) atoms. The smallest absolute Gasteiger partial charge is 0.312 e. The zero-order valence-corrected chi connectivity index (χ0v) is 18.4. The Balaban J connectivity index is 1.26. The fraction of sp³-hybridized carbons (Fsp3) is 0.320. The standard InChI is InChI=1S/C25H26N4O3/c1-28-18(14-20(27-28)19-7-3-4-8-23(19)31-2)15-25(30)32-16-17-10-11-22-21(13-17)26-24-9-5-6-12-29(22)24/h3-4,7-8,10-11,13-14H,5-6,9,12,15-16H2,1-2H3. The van der Waals surface area contributed by atoms with Gasteiger partial charge < -0.3 is 14.0 Å². The van der Waals surface area contributed by atoms with E-state index in [1.165, 1.54) is 12.8 Å². The van der Waals surface area contributed by atoms with Crippen molar-refractivity contribution < 1.29 is 14.3 Å². The van der Waals surface area contributed by atoms with E-state index in [0.717, 1.165) is 58.1 Å². The number of rotatable bonds is 6. The average molecular weight is 431 g/mol. The molecule has 0 fully saturated rings. The zero-order chi connectivity index (χ0) is 22.1. The van der Waals surface area contributed by atoms with Crippen molar-refractivity contribution in [2.45, 2.75) is 38.8 Å². The van der Waals surface area contributed by atoms with E-state index in [4.69, 9.17) is 14.5 Å². The maximum atomic E-state index is 12.5. The third-order valence-corrected chi connectivity index (χ3v) is 6.01. The number of aryl methyl sites for hydroxylation is 3. The van der Waals surface area contributed by atoms with Crippen molar-refractivity contribution in [1.29, 1.82) is 0 Å². The first-order chi connectivity index (χ1) is 15.6. The van der Waals surface area contributed by atoms with Crippen molar-refractivity contribution in [1.82, 2.24) is 19.3 Å². The molecule has 5 rings (SSSR count). The van der Waals surface area contributed by atoms with Crippen LogP contribution in [0.3, 0.4) is 0 Å². The number of fused-ring (bicyclic) bond motifs is 3. The number of ether oxygens (including phenoxy) is 2. The minimum absolute atomic E-state index is 0.152. The lowest BCUT2D eigenvalue weighted by atomic mass is 10.1. The molecule has 0 amide bonds. The minimum atomic E-state index is -0.288. The first-order valence-corrected chi connectivity index (χ1v) is 10.9. The molecule has 2 aromatic heterocycles. The summed E-state index contributed by atoms with van der Waals surface area (Å²) in [6, 6.07) is 15.7. The van der Waals surface area contributed by atoms with E-state index >= 15 is 0 Å². The highest BCUT2D eigenvalue weighted by Gasteiger charge is 2.16. The Labute approximate surface area is 186 Å². The number of hydrogen-bond donors (Lipinski definition) is 0. The summed E-state index contributed by atoms with van der Waals surface area (Å²) in [6.45, 7) is 1.26. The molecule has 0 atom stereocenters. The van der Waals surface area contributed by atoms with Gasteiger partial charge in [0.25, 0.3) is 0 Å². The van der Waals surface area contributed by atoms with Gasteiger partial charge in [-0.25, -0.2) is 4.98 Å². The molecule has 7 heteroatoms. The van der Waals surface area contributed by atoms with E-state index in [0.29, 0.717) is 0 Å². The highest BCUT2D eigenvalue weighted by Crippen LogP contribution is 2.29. The van der Waals surface area contributed by atoms with Crippen molar-refractivity contribution in [3.05, 3.63) is 65.6 Å². The van der Waals surface area contributed by atoms with Crippen LogP contribution in [0.25, 0.3) is 22.3 Å². The maximum absolute atomic E-state index is 12.5. The van der Waals surface area contributed by atoms with Crippen LogP contribution in [0.15, 0.2) is 48.5 Å². The van der Waals surface area contributed by atoms with Gasteiger partial charge in [0.1, 0.15) is 18.2 Å². The van der Waals surface area contributed by atoms with Crippen molar-refractivity contribution >= 4 is 17.0 Å². The number of hydrogen-bond acceptors (Lipinski definition) is 5. The molecule has 0 saturated carbocycles. The highest BCUT2D eigenvalue weighted by atomic mass is 16.5. The van der Waals surface area contributed by atoms with Gasteiger partial charge in [-0.15, -0.1) is 0 Å². The molecule has 0 unspecified atom stereocenters. The Morgan fingerprint density at radius 1 is 1.12 bits per heavy atom. The van der Waals surface area contributed by atoms with E-state index in [-0.39, 0.29) is 19.0 Å². The monoisotopic (exact) mass is 430 g/mol. The van der Waals surface area contributed by atoms with E-state index in [9.17, 15) is 4.79 Å². The second kappa shape index (κ2) is 8.49. The third kappa shape index (κ3) is 3.86. The summed E-state index contributed by atoms with van der Waals surface area (Å²) in [5.74, 6) is 1.61. The van der Waals surface area contributed by atoms with Crippen molar-refractivity contribution in [2.75, 3.05) is 7.11 Å². The lowest BCUT2D eigenvalue weighted by Crippen LogP contribution is -2.11. The van der Waals surface area contributed by atoms with Crippen molar-refractivity contribution in [3.8, 4) is 17.0 Å². The number of benzene rings is 2. The number of esters is 1. The molecule has 1 aliphatic heterocycles. The van der Waals surface area contributed by atoms with Crippen LogP contribution < -0.4 is 4.74 Å². The maximum Gasteiger partial charge on any atom is 0.312 e. The summed E-state index contributed by atoms with van der Waals surface area (Å²) in [6.07, 6.45) is 3.57. The molecule has 4 aromatic rings. The van der Waals surface area contributed by atoms with Crippen LogP contribution in [0.1, 0.15) is 29.9 Å². The molecule has 2 aromatic carbocycles. The van der Waals surface area contributed by atoms with Crippen LogP contribution in [-0.4, -0.2) is 32.4 Å². The molecule has 164 valence electrons. The first kappa shape index (κ1) is 20.3. The Morgan fingerprint density at radius 3 is 2.88 bits per heavy atom. The van der Waals surface area contributed by atoms with Gasteiger partial charge in [0.2, 0.25) is 0 Å². The number of carbonyl (C=O) groups excluding carboxylic acids is 1. The number of imidazole rings is 1. The molecule has 1 aliphatic rings. The van der Waals surface area contributed by atoms with Crippen LogP contribution >= 0.6 is 0 Å². The molecular formula is C25H26N4O3. The Hall–Kier alpha value is -3.61.